The van der Waals surface area contributed by atoms with Crippen molar-refractivity contribution in [1.82, 2.24) is 9.97 Å². The van der Waals surface area contributed by atoms with E-state index in [4.69, 9.17) is 16.0 Å². The number of nitrogens with zero attached hydrogens (tertiary/aromatic N) is 7. The number of nitrogens with one attached hydrogen (secondary N) is 1. The zero-order chi connectivity index (χ0) is 41.7. The van der Waals surface area contributed by atoms with Crippen molar-refractivity contribution >= 4 is 105 Å². The van der Waals surface area contributed by atoms with Gasteiger partial charge in [-0.1, -0.05) is 91.4 Å². The SMILES string of the molecule is CC(C)c1cc2ccccc2c(N=Nc2ccc(-c3nc4cccc(N=Nc5c(O)c(C(=O)Nc6nc7cc(Cl)c([N+](=O)[O-])cc7s6)cc6ccccc56)c4o3)cc2)c1O. The fraction of sp³-hybridized carbons (Fsp3) is 0.0682. The summed E-state index contributed by atoms with van der Waals surface area (Å²) in [7, 11) is 0. The second-order valence-electron chi connectivity index (χ2n) is 14.0. The number of hydrogen-bond donors (Lipinski definition) is 3. The number of phenols is 2. The summed E-state index contributed by atoms with van der Waals surface area (Å²) in [5.74, 6) is -0.586. The second-order valence-corrected chi connectivity index (χ2v) is 15.4. The molecule has 0 unspecified atom stereocenters. The molecule has 9 aromatic rings. The third-order valence-electron chi connectivity index (χ3n) is 9.79. The van der Waals surface area contributed by atoms with E-state index in [-0.39, 0.29) is 38.8 Å². The highest BCUT2D eigenvalue weighted by Gasteiger charge is 2.22. The predicted octanol–water partition coefficient (Wildman–Crippen LogP) is 13.6. The Labute approximate surface area is 348 Å². The Kier molecular flexibility index (Phi) is 9.66. The first-order valence-corrected chi connectivity index (χ1v) is 19.6. The number of para-hydroxylation sites is 1. The molecule has 294 valence electrons. The standard InChI is InChI=1S/C44H29ClN8O6S/c1-22(2)29-18-24-8-3-5-10-27(24)37(39(29)54)51-49-26-16-14-23(15-17-26)43-46-32-12-7-13-33(41(32)59-43)50-52-38-28-11-6-4-9-25(28)19-30(40(38)55)42(56)48-44-47-34-20-31(45)35(53(57)58)21-36(34)60-44/h3-22,54-55H,1-2H3,(H,47,48,56). The molecule has 0 aliphatic heterocycles. The number of thiazole rings is 1. The molecule has 0 atom stereocenters. The van der Waals surface area contributed by atoms with Gasteiger partial charge in [-0.05, 0) is 76.9 Å². The molecule has 60 heavy (non-hydrogen) atoms. The molecular formula is C44H29ClN8O6S. The highest BCUT2D eigenvalue weighted by atomic mass is 35.5. The number of rotatable bonds is 9. The third kappa shape index (κ3) is 7.01. The lowest BCUT2D eigenvalue weighted by atomic mass is 9.96. The minimum atomic E-state index is -0.684. The topological polar surface area (TPSA) is 201 Å². The minimum absolute atomic E-state index is 0.0451. The normalized spacial score (nSPS) is 11.9. The molecule has 0 saturated carbocycles. The molecule has 2 aromatic heterocycles. The lowest BCUT2D eigenvalue weighted by Gasteiger charge is -2.12. The number of carbonyl (C=O) groups excluding carboxylic acids is 1. The van der Waals surface area contributed by atoms with E-state index in [1.165, 1.54) is 18.2 Å². The summed E-state index contributed by atoms with van der Waals surface area (Å²) in [6.45, 7) is 4.03. The van der Waals surface area contributed by atoms with Crippen LogP contribution in [0.5, 0.6) is 11.5 Å². The number of azo groups is 2. The Morgan fingerprint density at radius 2 is 1.48 bits per heavy atom. The van der Waals surface area contributed by atoms with Crippen LogP contribution in [0.2, 0.25) is 5.02 Å². The number of amides is 1. The van der Waals surface area contributed by atoms with Gasteiger partial charge in [0.25, 0.3) is 11.6 Å². The number of halogens is 1. The molecule has 1 amide bonds. The quantitative estimate of drug-likeness (QED) is 0.0724. The summed E-state index contributed by atoms with van der Waals surface area (Å²) < 4.78 is 6.66. The van der Waals surface area contributed by atoms with Crippen LogP contribution in [-0.4, -0.2) is 31.0 Å². The van der Waals surface area contributed by atoms with Gasteiger partial charge in [-0.15, -0.1) is 15.3 Å². The molecule has 3 N–H and O–H groups in total. The van der Waals surface area contributed by atoms with Crippen LogP contribution >= 0.6 is 22.9 Å². The number of nitro benzene ring substituents is 1. The highest BCUT2D eigenvalue weighted by Crippen LogP contribution is 2.44. The van der Waals surface area contributed by atoms with Crippen LogP contribution in [0.4, 0.5) is 33.6 Å². The summed E-state index contributed by atoms with van der Waals surface area (Å²) in [6, 6.07) is 33.3. The molecule has 14 nitrogen and oxygen atoms in total. The Morgan fingerprint density at radius 3 is 2.20 bits per heavy atom. The average Bonchev–Trinajstić information content (AvgIpc) is 3.86. The maximum Gasteiger partial charge on any atom is 0.289 e. The monoisotopic (exact) mass is 832 g/mol. The van der Waals surface area contributed by atoms with Gasteiger partial charge in [0.15, 0.2) is 16.5 Å². The van der Waals surface area contributed by atoms with E-state index in [1.807, 2.05) is 44.2 Å². The van der Waals surface area contributed by atoms with Crippen molar-refractivity contribution in [1.29, 1.82) is 0 Å². The summed E-state index contributed by atoms with van der Waals surface area (Å²) in [5, 5.41) is 57.4. The second kappa shape index (κ2) is 15.3. The molecule has 9 rings (SSSR count). The molecule has 0 bridgehead atoms. The molecule has 0 aliphatic carbocycles. The van der Waals surface area contributed by atoms with E-state index >= 15 is 0 Å². The van der Waals surface area contributed by atoms with E-state index in [9.17, 15) is 25.1 Å². The van der Waals surface area contributed by atoms with Crippen LogP contribution in [0, 0.1) is 10.1 Å². The van der Waals surface area contributed by atoms with E-state index in [0.717, 1.165) is 27.7 Å². The van der Waals surface area contributed by atoms with Crippen LogP contribution < -0.4 is 5.32 Å². The van der Waals surface area contributed by atoms with Gasteiger partial charge < -0.3 is 14.6 Å². The lowest BCUT2D eigenvalue weighted by Crippen LogP contribution is -2.12. The highest BCUT2D eigenvalue weighted by molar-refractivity contribution is 7.22. The van der Waals surface area contributed by atoms with Crippen molar-refractivity contribution in [2.75, 3.05) is 5.32 Å². The molecule has 0 aliphatic rings. The van der Waals surface area contributed by atoms with Gasteiger partial charge in [0.2, 0.25) is 5.89 Å². The lowest BCUT2D eigenvalue weighted by molar-refractivity contribution is -0.384. The molecule has 7 aromatic carbocycles. The smallest absolute Gasteiger partial charge is 0.289 e. The summed E-state index contributed by atoms with van der Waals surface area (Å²) in [5.41, 5.74) is 3.65. The largest absolute Gasteiger partial charge is 0.505 e. The molecule has 0 spiro atoms. The maximum atomic E-state index is 13.6. The van der Waals surface area contributed by atoms with Crippen molar-refractivity contribution in [2.45, 2.75) is 19.8 Å². The number of oxazole rings is 1. The molecule has 16 heteroatoms. The van der Waals surface area contributed by atoms with Gasteiger partial charge in [-0.25, -0.2) is 9.97 Å². The van der Waals surface area contributed by atoms with Crippen molar-refractivity contribution in [3.63, 3.8) is 0 Å². The Hall–Kier alpha value is -7.62. The first-order valence-electron chi connectivity index (χ1n) is 18.4. The predicted molar refractivity (Wildman–Crippen MR) is 232 cm³/mol. The van der Waals surface area contributed by atoms with Gasteiger partial charge in [0.05, 0.1) is 26.4 Å². The van der Waals surface area contributed by atoms with E-state index < -0.39 is 16.6 Å². The molecule has 2 heterocycles. The number of carbonyl (C=O) groups is 1. The molecular weight excluding hydrogens is 804 g/mol. The van der Waals surface area contributed by atoms with Crippen LogP contribution in [-0.2, 0) is 0 Å². The molecule has 0 fully saturated rings. The number of hydrogen-bond acceptors (Lipinski definition) is 13. The molecule has 0 radical (unpaired) electrons. The van der Waals surface area contributed by atoms with Crippen LogP contribution in [0.3, 0.4) is 0 Å². The summed E-state index contributed by atoms with van der Waals surface area (Å²) >= 11 is 7.08. The number of aromatic nitrogens is 2. The van der Waals surface area contributed by atoms with E-state index in [0.29, 0.717) is 60.6 Å². The average molecular weight is 833 g/mol. The van der Waals surface area contributed by atoms with Crippen molar-refractivity contribution in [3.8, 4) is 23.0 Å². The zero-order valence-electron chi connectivity index (χ0n) is 31.5. The number of anilines is 1. The van der Waals surface area contributed by atoms with Crippen molar-refractivity contribution in [2.24, 2.45) is 20.5 Å². The Balaban J connectivity index is 0.995. The Morgan fingerprint density at radius 1 is 0.800 bits per heavy atom. The van der Waals surface area contributed by atoms with Crippen molar-refractivity contribution < 1.29 is 24.3 Å². The van der Waals surface area contributed by atoms with Crippen LogP contribution in [0.15, 0.2) is 140 Å². The van der Waals surface area contributed by atoms with E-state index in [2.05, 4.69) is 35.7 Å². The third-order valence-corrected chi connectivity index (χ3v) is 11.0. The van der Waals surface area contributed by atoms with Gasteiger partial charge in [-0.3, -0.25) is 20.2 Å². The number of aromatic hydroxyl groups is 2. The first-order chi connectivity index (χ1) is 29.0. The Bertz CT molecular complexity index is 3270. The van der Waals surface area contributed by atoms with Gasteiger partial charge in [-0.2, -0.15) is 5.11 Å². The number of benzene rings is 7. The van der Waals surface area contributed by atoms with Gasteiger partial charge in [0, 0.05) is 22.4 Å². The van der Waals surface area contributed by atoms with Crippen LogP contribution in [0.1, 0.15) is 35.7 Å². The van der Waals surface area contributed by atoms with Crippen molar-refractivity contribution in [3.05, 3.63) is 142 Å². The fourth-order valence-electron chi connectivity index (χ4n) is 6.79. The first kappa shape index (κ1) is 37.9. The van der Waals surface area contributed by atoms with Gasteiger partial charge >= 0.3 is 0 Å². The number of fused-ring (bicyclic) bond motifs is 4. The van der Waals surface area contributed by atoms with Crippen LogP contribution in [0.25, 0.3) is 54.3 Å². The summed E-state index contributed by atoms with van der Waals surface area (Å²) in [4.78, 5) is 33.4. The van der Waals surface area contributed by atoms with E-state index in [1.54, 1.807) is 66.7 Å². The fourth-order valence-corrected chi connectivity index (χ4v) is 7.89. The summed E-state index contributed by atoms with van der Waals surface area (Å²) in [6.07, 6.45) is 0. The molecule has 0 saturated heterocycles. The van der Waals surface area contributed by atoms with Gasteiger partial charge in [0.1, 0.15) is 33.4 Å². The number of phenolic OH excluding ortho intramolecular Hbond substituents is 2. The number of nitro groups is 1. The minimum Gasteiger partial charge on any atom is -0.505 e. The maximum absolute atomic E-state index is 13.6. The zero-order valence-corrected chi connectivity index (χ0v) is 33.1.